The number of ether oxygens (including phenoxy) is 1. The number of nitrogens with zero attached hydrogens (tertiary/aromatic N) is 4. The smallest absolute Gasteiger partial charge is 0.411 e. The number of aryl methyl sites for hydroxylation is 4. The van der Waals surface area contributed by atoms with Crippen LogP contribution in [-0.2, 0) is 30.0 Å². The van der Waals surface area contributed by atoms with Crippen LogP contribution in [0.5, 0.6) is 0 Å². The van der Waals surface area contributed by atoms with Gasteiger partial charge in [0.2, 0.25) is 0 Å². The van der Waals surface area contributed by atoms with E-state index in [1.165, 1.54) is 15.3 Å². The summed E-state index contributed by atoms with van der Waals surface area (Å²) in [6.07, 6.45) is -3.55. The Balaban J connectivity index is 0.000000621. The van der Waals surface area contributed by atoms with Gasteiger partial charge >= 0.3 is 12.1 Å². The van der Waals surface area contributed by atoms with Crippen molar-refractivity contribution in [1.82, 2.24) is 19.4 Å². The lowest BCUT2D eigenvalue weighted by Crippen LogP contribution is -2.53. The van der Waals surface area contributed by atoms with Crippen LogP contribution in [0.3, 0.4) is 0 Å². The Bertz CT molecular complexity index is 2450. The van der Waals surface area contributed by atoms with E-state index in [1.54, 1.807) is 52.2 Å². The molecule has 1 aliphatic rings. The third kappa shape index (κ3) is 9.99. The van der Waals surface area contributed by atoms with Gasteiger partial charge in [-0.25, -0.2) is 13.6 Å². The van der Waals surface area contributed by atoms with Gasteiger partial charge in [-0.3, -0.25) is 19.4 Å². The van der Waals surface area contributed by atoms with Crippen molar-refractivity contribution in [3.63, 3.8) is 0 Å². The summed E-state index contributed by atoms with van der Waals surface area (Å²) in [5.74, 6) is -5.83. The number of anilines is 1. The first kappa shape index (κ1) is 47.8. The van der Waals surface area contributed by atoms with Gasteiger partial charge in [-0.05, 0) is 74.7 Å². The van der Waals surface area contributed by atoms with Gasteiger partial charge in [0, 0.05) is 61.3 Å². The molecule has 0 spiro atoms. The average molecular weight is 848 g/mol. The molecule has 318 valence electrons. The Hall–Kier alpha value is -5.61. The monoisotopic (exact) mass is 847 g/mol. The molecule has 4 heterocycles. The highest BCUT2D eigenvalue weighted by Gasteiger charge is 2.46. The van der Waals surface area contributed by atoms with Crippen LogP contribution in [-0.4, -0.2) is 69.1 Å². The van der Waals surface area contributed by atoms with E-state index in [-0.39, 0.29) is 45.5 Å². The number of aliphatic carboxylic acids is 1. The van der Waals surface area contributed by atoms with Crippen LogP contribution in [0.1, 0.15) is 53.3 Å². The highest BCUT2D eigenvalue weighted by atomic mass is 35.5. The Labute approximate surface area is 343 Å². The van der Waals surface area contributed by atoms with E-state index in [4.69, 9.17) is 16.3 Å². The number of hydrogen-bond acceptors (Lipinski definition) is 7. The highest BCUT2D eigenvalue weighted by molar-refractivity contribution is 6.31. The van der Waals surface area contributed by atoms with E-state index in [9.17, 15) is 37.5 Å². The molecule has 2 aromatic carbocycles. The number of alkyl halides is 3. The number of carbonyl (C=O) groups is 2. The molecule has 0 bridgehead atoms. The molecule has 2 atom stereocenters. The van der Waals surface area contributed by atoms with Crippen LogP contribution in [0, 0.1) is 39.3 Å². The summed E-state index contributed by atoms with van der Waals surface area (Å²) in [7, 11) is 3.36. The number of morpholine rings is 1. The molecule has 17 heteroatoms. The lowest BCUT2D eigenvalue weighted by Gasteiger charge is -2.38. The van der Waals surface area contributed by atoms with E-state index in [0.29, 0.717) is 50.3 Å². The highest BCUT2D eigenvalue weighted by Crippen LogP contribution is 2.33. The minimum atomic E-state index is -4.75. The number of halogens is 6. The molecule has 3 aromatic heterocycles. The Kier molecular flexibility index (Phi) is 15.4. The molecule has 0 radical (unpaired) electrons. The number of rotatable bonds is 7. The van der Waals surface area contributed by atoms with E-state index >= 15 is 8.78 Å². The minimum absolute atomic E-state index is 0. The maximum atomic E-state index is 15.1. The SMILES string of the molecule is C.C.Cc1cc(C)n(C)c(=O)c1-c1ccc(C[C@H](NC(=O)c2c(F)cc(N3CCOC[C@@H]3C(F)(F)F)cc2F)C(=O)O)c2cccnc12.Cc1cc(C)n(C)c(=O)c1Cl. The first-order valence-electron chi connectivity index (χ1n) is 17.5. The summed E-state index contributed by atoms with van der Waals surface area (Å²) in [6, 6.07) is 7.66. The maximum absolute atomic E-state index is 15.1. The van der Waals surface area contributed by atoms with Gasteiger partial charge < -0.3 is 29.2 Å². The molecule has 5 aromatic rings. The van der Waals surface area contributed by atoms with Crippen LogP contribution in [0.2, 0.25) is 5.02 Å². The average Bonchev–Trinajstić information content (AvgIpc) is 3.15. The zero-order valence-electron chi connectivity index (χ0n) is 31.7. The van der Waals surface area contributed by atoms with Crippen LogP contribution in [0.25, 0.3) is 22.0 Å². The van der Waals surface area contributed by atoms with Crippen molar-refractivity contribution in [2.75, 3.05) is 24.7 Å². The van der Waals surface area contributed by atoms with Crippen molar-refractivity contribution in [2.45, 2.75) is 67.2 Å². The minimum Gasteiger partial charge on any atom is -0.480 e. The van der Waals surface area contributed by atoms with Gasteiger partial charge in [0.15, 0.2) is 0 Å². The van der Waals surface area contributed by atoms with Crippen molar-refractivity contribution in [3.8, 4) is 11.1 Å². The van der Waals surface area contributed by atoms with Crippen LogP contribution >= 0.6 is 11.6 Å². The molecule has 1 aliphatic heterocycles. The third-order valence-corrected chi connectivity index (χ3v) is 10.4. The first-order chi connectivity index (χ1) is 26.7. The molecular formula is C42H47ClF5N5O6. The molecule has 11 nitrogen and oxygen atoms in total. The predicted molar refractivity (Wildman–Crippen MR) is 218 cm³/mol. The summed E-state index contributed by atoms with van der Waals surface area (Å²) >= 11 is 5.72. The fourth-order valence-corrected chi connectivity index (χ4v) is 6.83. The number of aromatic nitrogens is 3. The Morgan fingerprint density at radius 3 is 2.14 bits per heavy atom. The first-order valence-corrected chi connectivity index (χ1v) is 17.9. The van der Waals surface area contributed by atoms with E-state index in [0.717, 1.165) is 21.9 Å². The molecule has 6 rings (SSSR count). The summed E-state index contributed by atoms with van der Waals surface area (Å²) in [6.45, 7) is 6.17. The summed E-state index contributed by atoms with van der Waals surface area (Å²) in [5.41, 5.74) is 3.06. The molecule has 1 amide bonds. The lowest BCUT2D eigenvalue weighted by molar-refractivity contribution is -0.167. The molecule has 0 unspecified atom stereocenters. The fraction of sp³-hybridized carbons (Fsp3) is 0.357. The number of hydrogen-bond donors (Lipinski definition) is 2. The molecule has 2 N–H and O–H groups in total. The van der Waals surface area contributed by atoms with Crippen molar-refractivity contribution in [1.29, 1.82) is 0 Å². The van der Waals surface area contributed by atoms with Gasteiger partial charge in [-0.1, -0.05) is 44.7 Å². The predicted octanol–water partition coefficient (Wildman–Crippen LogP) is 7.62. The van der Waals surface area contributed by atoms with Gasteiger partial charge in [0.25, 0.3) is 17.0 Å². The van der Waals surface area contributed by atoms with Gasteiger partial charge in [-0.2, -0.15) is 13.2 Å². The normalized spacial score (nSPS) is 14.4. The molecule has 1 saturated heterocycles. The van der Waals surface area contributed by atoms with Gasteiger partial charge in [0.1, 0.15) is 34.3 Å². The van der Waals surface area contributed by atoms with E-state index in [2.05, 4.69) is 10.3 Å². The number of carbonyl (C=O) groups excluding carboxylic acids is 1. The zero-order chi connectivity index (χ0) is 42.1. The number of fused-ring (bicyclic) bond motifs is 1. The maximum Gasteiger partial charge on any atom is 0.411 e. The second-order valence-electron chi connectivity index (χ2n) is 13.7. The summed E-state index contributed by atoms with van der Waals surface area (Å²) < 4.78 is 78.7. The van der Waals surface area contributed by atoms with Crippen molar-refractivity contribution in [2.24, 2.45) is 14.1 Å². The zero-order valence-corrected chi connectivity index (χ0v) is 32.5. The number of benzene rings is 2. The fourth-order valence-electron chi connectivity index (χ4n) is 6.64. The summed E-state index contributed by atoms with van der Waals surface area (Å²) in [4.78, 5) is 54.9. The molecule has 1 fully saturated rings. The molecule has 59 heavy (non-hydrogen) atoms. The van der Waals surface area contributed by atoms with Crippen LogP contribution < -0.4 is 21.3 Å². The topological polar surface area (TPSA) is 136 Å². The Morgan fingerprint density at radius 1 is 0.949 bits per heavy atom. The van der Waals surface area contributed by atoms with Crippen LogP contribution in [0.15, 0.2) is 64.3 Å². The second-order valence-corrected chi connectivity index (χ2v) is 14.1. The molecule has 0 saturated carbocycles. The van der Waals surface area contributed by atoms with E-state index in [1.807, 2.05) is 26.0 Å². The van der Waals surface area contributed by atoms with Gasteiger partial charge in [0.05, 0.1) is 24.3 Å². The number of amides is 1. The van der Waals surface area contributed by atoms with Crippen molar-refractivity contribution < 1.29 is 41.4 Å². The Morgan fingerprint density at radius 2 is 1.54 bits per heavy atom. The van der Waals surface area contributed by atoms with Gasteiger partial charge in [-0.15, -0.1) is 0 Å². The number of nitrogens with one attached hydrogen (secondary N) is 1. The number of carboxylic acid groups (broad SMARTS) is 1. The molecular weight excluding hydrogens is 801 g/mol. The largest absolute Gasteiger partial charge is 0.480 e. The number of pyridine rings is 3. The van der Waals surface area contributed by atoms with E-state index < -0.39 is 59.6 Å². The second kappa shape index (κ2) is 19.0. The quantitative estimate of drug-likeness (QED) is 0.160. The summed E-state index contributed by atoms with van der Waals surface area (Å²) in [5, 5.41) is 12.9. The van der Waals surface area contributed by atoms with Crippen molar-refractivity contribution >= 4 is 40.1 Å². The molecule has 0 aliphatic carbocycles. The van der Waals surface area contributed by atoms with Crippen molar-refractivity contribution in [3.05, 3.63) is 126 Å². The standard InChI is InChI=1S/C32H29F5N4O5.C8H10ClNO.2CH4/c1-16-11-17(2)40(3)30(43)26(16)21-7-6-18(20-5-4-8-38-28(20)21)12-24(31(44)45)39-29(42)27-22(33)13-19(14-23(27)34)41-9-10-46-15-25(41)32(35,36)37;1-5-4-6(2)10(3)8(11)7(5)9;;/h4-8,11,13-14,24-25H,9-10,12,15H2,1-3H3,(H,39,42)(H,44,45);4H,1-3H3;2*1H4/t24-,25+;;;/m0.../s1. The van der Waals surface area contributed by atoms with Crippen LogP contribution in [0.4, 0.5) is 27.6 Å². The number of carboxylic acids is 1. The lowest BCUT2D eigenvalue weighted by atomic mass is 9.93. The third-order valence-electron chi connectivity index (χ3n) is 9.91.